The zero-order chi connectivity index (χ0) is 18.8. The molecule has 1 amide bonds. The van der Waals surface area contributed by atoms with Crippen LogP contribution in [0.1, 0.15) is 46.5 Å². The molecule has 2 rings (SSSR count). The second-order valence-corrected chi connectivity index (χ2v) is 7.41. The Kier molecular flexibility index (Phi) is 9.01. The van der Waals surface area contributed by atoms with Crippen LogP contribution in [0.3, 0.4) is 0 Å². The summed E-state index contributed by atoms with van der Waals surface area (Å²) in [5, 5.41) is 6.88. The highest BCUT2D eigenvalue weighted by atomic mass is 16.6. The predicted molar refractivity (Wildman–Crippen MR) is 106 cm³/mol. The van der Waals surface area contributed by atoms with E-state index in [1.807, 2.05) is 6.92 Å². The highest BCUT2D eigenvalue weighted by Gasteiger charge is 2.24. The average Bonchev–Trinajstić information content (AvgIpc) is 2.63. The summed E-state index contributed by atoms with van der Waals surface area (Å²) in [5.41, 5.74) is 0. The maximum Gasteiger partial charge on any atom is 0.409 e. The summed E-state index contributed by atoms with van der Waals surface area (Å²) in [5.74, 6) is 1.70. The molecule has 0 aromatic rings. The van der Waals surface area contributed by atoms with E-state index >= 15 is 0 Å². The number of hydrogen-bond donors (Lipinski definition) is 2. The second kappa shape index (κ2) is 11.3. The normalized spacial score (nSPS) is 23.0. The number of piperidine rings is 2. The van der Waals surface area contributed by atoms with Crippen molar-refractivity contribution in [3.8, 4) is 0 Å². The maximum atomic E-state index is 11.8. The first-order valence-electron chi connectivity index (χ1n) is 10.3. The number of aliphatic imine (C=N–C) groups is 1. The summed E-state index contributed by atoms with van der Waals surface area (Å²) < 4.78 is 5.08. The van der Waals surface area contributed by atoms with Crippen molar-refractivity contribution in [1.82, 2.24) is 20.4 Å². The molecule has 2 aliphatic rings. The van der Waals surface area contributed by atoms with Gasteiger partial charge in [0.05, 0.1) is 13.2 Å². The molecule has 0 spiro atoms. The highest BCUT2D eigenvalue weighted by Crippen LogP contribution is 2.15. The number of nitrogens with zero attached hydrogens (tertiary/aromatic N) is 3. The van der Waals surface area contributed by atoms with Gasteiger partial charge in [0.2, 0.25) is 0 Å². The molecular formula is C19H37N5O2. The molecule has 26 heavy (non-hydrogen) atoms. The Labute approximate surface area is 158 Å². The molecule has 1 unspecified atom stereocenters. The molecule has 0 aromatic carbocycles. The van der Waals surface area contributed by atoms with Crippen LogP contribution < -0.4 is 10.6 Å². The smallest absolute Gasteiger partial charge is 0.409 e. The second-order valence-electron chi connectivity index (χ2n) is 7.41. The Hall–Kier alpha value is -1.50. The molecule has 0 bridgehead atoms. The molecule has 7 heteroatoms. The number of likely N-dealkylation sites (tertiary alicyclic amines) is 2. The topological polar surface area (TPSA) is 69.2 Å². The highest BCUT2D eigenvalue weighted by molar-refractivity contribution is 5.80. The number of nitrogens with one attached hydrogen (secondary N) is 2. The average molecular weight is 368 g/mol. The first kappa shape index (κ1) is 20.8. The summed E-state index contributed by atoms with van der Waals surface area (Å²) in [6.45, 7) is 13.3. The molecular weight excluding hydrogens is 330 g/mol. The van der Waals surface area contributed by atoms with Gasteiger partial charge < -0.3 is 25.2 Å². The van der Waals surface area contributed by atoms with Crippen molar-refractivity contribution in [2.24, 2.45) is 10.9 Å². The van der Waals surface area contributed by atoms with E-state index in [2.05, 4.69) is 29.4 Å². The van der Waals surface area contributed by atoms with Gasteiger partial charge in [-0.25, -0.2) is 4.79 Å². The van der Waals surface area contributed by atoms with E-state index in [0.29, 0.717) is 12.6 Å². The fourth-order valence-electron chi connectivity index (χ4n) is 3.73. The molecule has 2 saturated heterocycles. The molecule has 2 heterocycles. The Bertz CT molecular complexity index is 449. The van der Waals surface area contributed by atoms with Crippen molar-refractivity contribution < 1.29 is 9.53 Å². The lowest BCUT2D eigenvalue weighted by Gasteiger charge is -2.32. The van der Waals surface area contributed by atoms with Crippen molar-refractivity contribution in [2.45, 2.75) is 52.5 Å². The Morgan fingerprint density at radius 2 is 1.96 bits per heavy atom. The van der Waals surface area contributed by atoms with Crippen LogP contribution in [-0.2, 0) is 4.74 Å². The first-order valence-corrected chi connectivity index (χ1v) is 10.3. The van der Waals surface area contributed by atoms with E-state index in [1.165, 1.54) is 25.9 Å². The molecule has 0 aliphatic carbocycles. The van der Waals surface area contributed by atoms with Crippen LogP contribution in [0.4, 0.5) is 4.79 Å². The van der Waals surface area contributed by atoms with E-state index in [1.54, 1.807) is 4.90 Å². The summed E-state index contributed by atoms with van der Waals surface area (Å²) in [7, 11) is 0. The van der Waals surface area contributed by atoms with Gasteiger partial charge in [0.25, 0.3) is 0 Å². The van der Waals surface area contributed by atoms with Gasteiger partial charge in [0.15, 0.2) is 5.96 Å². The predicted octanol–water partition coefficient (Wildman–Crippen LogP) is 1.89. The number of carbonyl (C=O) groups is 1. The van der Waals surface area contributed by atoms with Crippen molar-refractivity contribution in [3.05, 3.63) is 0 Å². The third-order valence-electron chi connectivity index (χ3n) is 5.13. The summed E-state index contributed by atoms with van der Waals surface area (Å²) in [4.78, 5) is 20.9. The lowest BCUT2D eigenvalue weighted by atomic mass is 10.0. The van der Waals surface area contributed by atoms with Gasteiger partial charge in [-0.3, -0.25) is 4.99 Å². The largest absolute Gasteiger partial charge is 0.450 e. The van der Waals surface area contributed by atoms with Crippen molar-refractivity contribution in [1.29, 1.82) is 0 Å². The number of guanidine groups is 1. The van der Waals surface area contributed by atoms with E-state index in [-0.39, 0.29) is 6.09 Å². The molecule has 2 fully saturated rings. The van der Waals surface area contributed by atoms with Gasteiger partial charge in [-0.1, -0.05) is 6.92 Å². The zero-order valence-corrected chi connectivity index (χ0v) is 16.8. The SMILES string of the molecule is CCNC(=NCCN1CCCC(C)C1)NC1CCN(C(=O)OCC)CC1. The van der Waals surface area contributed by atoms with Crippen molar-refractivity contribution >= 4 is 12.1 Å². The fraction of sp³-hybridized carbons (Fsp3) is 0.895. The van der Waals surface area contributed by atoms with Crippen LogP contribution >= 0.6 is 0 Å². The minimum atomic E-state index is -0.192. The van der Waals surface area contributed by atoms with Gasteiger partial charge >= 0.3 is 6.09 Å². The molecule has 0 saturated carbocycles. The standard InChI is InChI=1S/C19H37N5O2/c1-4-20-18(21-10-14-23-11-6-7-16(3)15-23)22-17-8-12-24(13-9-17)19(25)26-5-2/h16-17H,4-15H2,1-3H3,(H2,20,21,22). The van der Waals surface area contributed by atoms with Gasteiger partial charge in [-0.05, 0) is 52.0 Å². The number of ether oxygens (including phenoxy) is 1. The van der Waals surface area contributed by atoms with Crippen molar-refractivity contribution in [3.63, 3.8) is 0 Å². The van der Waals surface area contributed by atoms with Gasteiger partial charge in [0.1, 0.15) is 0 Å². The van der Waals surface area contributed by atoms with Crippen LogP contribution in [0.5, 0.6) is 0 Å². The molecule has 7 nitrogen and oxygen atoms in total. The van der Waals surface area contributed by atoms with E-state index in [9.17, 15) is 4.79 Å². The minimum Gasteiger partial charge on any atom is -0.450 e. The van der Waals surface area contributed by atoms with E-state index < -0.39 is 0 Å². The van der Waals surface area contributed by atoms with Crippen LogP contribution in [0.25, 0.3) is 0 Å². The number of carbonyl (C=O) groups excluding carboxylic acids is 1. The maximum absolute atomic E-state index is 11.8. The summed E-state index contributed by atoms with van der Waals surface area (Å²) >= 11 is 0. The Morgan fingerprint density at radius 3 is 2.62 bits per heavy atom. The monoisotopic (exact) mass is 367 g/mol. The van der Waals surface area contributed by atoms with Crippen LogP contribution in [-0.4, -0.2) is 80.3 Å². The zero-order valence-electron chi connectivity index (χ0n) is 16.8. The molecule has 1 atom stereocenters. The molecule has 0 radical (unpaired) electrons. The van der Waals surface area contributed by atoms with Crippen LogP contribution in [0.15, 0.2) is 4.99 Å². The molecule has 2 aliphatic heterocycles. The quantitative estimate of drug-likeness (QED) is 0.554. The van der Waals surface area contributed by atoms with Crippen molar-refractivity contribution in [2.75, 3.05) is 52.4 Å². The first-order chi connectivity index (χ1) is 12.6. The molecule has 150 valence electrons. The van der Waals surface area contributed by atoms with Gasteiger partial charge in [0, 0.05) is 38.8 Å². The summed E-state index contributed by atoms with van der Waals surface area (Å²) in [6, 6.07) is 0.355. The fourth-order valence-corrected chi connectivity index (χ4v) is 3.73. The van der Waals surface area contributed by atoms with E-state index in [4.69, 9.17) is 9.73 Å². The Balaban J connectivity index is 1.74. The van der Waals surface area contributed by atoms with Crippen LogP contribution in [0, 0.1) is 5.92 Å². The number of rotatable bonds is 6. The number of hydrogen-bond acceptors (Lipinski definition) is 4. The minimum absolute atomic E-state index is 0.192. The van der Waals surface area contributed by atoms with Crippen LogP contribution in [0.2, 0.25) is 0 Å². The number of amides is 1. The van der Waals surface area contributed by atoms with Gasteiger partial charge in [-0.15, -0.1) is 0 Å². The van der Waals surface area contributed by atoms with Gasteiger partial charge in [-0.2, -0.15) is 0 Å². The lowest BCUT2D eigenvalue weighted by molar-refractivity contribution is 0.0963. The Morgan fingerprint density at radius 1 is 1.19 bits per heavy atom. The third kappa shape index (κ3) is 7.02. The summed E-state index contributed by atoms with van der Waals surface area (Å²) in [6.07, 6.45) is 4.32. The molecule has 2 N–H and O–H groups in total. The lowest BCUT2D eigenvalue weighted by Crippen LogP contribution is -2.50. The molecule has 0 aromatic heterocycles. The third-order valence-corrected chi connectivity index (χ3v) is 5.13. The van der Waals surface area contributed by atoms with E-state index in [0.717, 1.165) is 57.4 Å².